The van der Waals surface area contributed by atoms with Gasteiger partial charge >= 0.3 is 0 Å². The molecule has 0 aliphatic carbocycles. The number of piperidine rings is 1. The molecule has 1 spiro atoms. The SMILES string of the molecule is CC(=O)N1CCC[C@H]1C(=O)N1CCC2(CCC=C(C)CCOc3ccccc3C(=O)NC2)CC1. The van der Waals surface area contributed by atoms with Gasteiger partial charge in [0.15, 0.2) is 0 Å². The van der Waals surface area contributed by atoms with E-state index in [1.165, 1.54) is 5.57 Å². The number of nitrogens with one attached hydrogen (secondary N) is 1. The van der Waals surface area contributed by atoms with Crippen molar-refractivity contribution >= 4 is 17.7 Å². The second-order valence-corrected chi connectivity index (χ2v) is 10.1. The molecule has 34 heavy (non-hydrogen) atoms. The predicted octanol–water partition coefficient (Wildman–Crippen LogP) is 3.55. The fraction of sp³-hybridized carbons (Fsp3) is 0.593. The van der Waals surface area contributed by atoms with E-state index in [4.69, 9.17) is 4.74 Å². The second-order valence-electron chi connectivity index (χ2n) is 10.1. The quantitative estimate of drug-likeness (QED) is 0.641. The molecule has 0 radical (unpaired) electrons. The van der Waals surface area contributed by atoms with Crippen LogP contribution in [0.1, 0.15) is 69.2 Å². The minimum absolute atomic E-state index is 0.0197. The van der Waals surface area contributed by atoms with Gasteiger partial charge in [-0.3, -0.25) is 14.4 Å². The van der Waals surface area contributed by atoms with Gasteiger partial charge in [-0.2, -0.15) is 0 Å². The molecule has 2 fully saturated rings. The third-order valence-corrected chi connectivity index (χ3v) is 7.76. The topological polar surface area (TPSA) is 79.0 Å². The fourth-order valence-corrected chi connectivity index (χ4v) is 5.52. The molecule has 2 saturated heterocycles. The molecule has 3 aliphatic rings. The first-order valence-electron chi connectivity index (χ1n) is 12.6. The summed E-state index contributed by atoms with van der Waals surface area (Å²) in [5, 5.41) is 3.17. The minimum Gasteiger partial charge on any atom is -0.492 e. The summed E-state index contributed by atoms with van der Waals surface area (Å²) in [6.07, 6.45) is 8.37. The average Bonchev–Trinajstić information content (AvgIpc) is 3.33. The van der Waals surface area contributed by atoms with E-state index in [0.717, 1.165) is 44.9 Å². The van der Waals surface area contributed by atoms with Crippen LogP contribution < -0.4 is 10.1 Å². The largest absolute Gasteiger partial charge is 0.492 e. The van der Waals surface area contributed by atoms with Gasteiger partial charge in [0.2, 0.25) is 11.8 Å². The summed E-state index contributed by atoms with van der Waals surface area (Å²) in [5.74, 6) is 0.570. The van der Waals surface area contributed by atoms with Crippen LogP contribution in [0.5, 0.6) is 5.75 Å². The lowest BCUT2D eigenvalue weighted by Crippen LogP contribution is -2.52. The number of likely N-dealkylation sites (tertiary alicyclic amines) is 2. The molecule has 184 valence electrons. The van der Waals surface area contributed by atoms with Gasteiger partial charge in [-0.1, -0.05) is 23.8 Å². The maximum absolute atomic E-state index is 13.2. The van der Waals surface area contributed by atoms with Crippen LogP contribution in [-0.2, 0) is 9.59 Å². The van der Waals surface area contributed by atoms with Crippen LogP contribution in [0.15, 0.2) is 35.9 Å². The summed E-state index contributed by atoms with van der Waals surface area (Å²) in [7, 11) is 0. The van der Waals surface area contributed by atoms with Gasteiger partial charge in [0.1, 0.15) is 11.8 Å². The molecule has 0 saturated carbocycles. The third-order valence-electron chi connectivity index (χ3n) is 7.76. The molecule has 1 aromatic carbocycles. The molecule has 3 aliphatic heterocycles. The van der Waals surface area contributed by atoms with Crippen molar-refractivity contribution in [3.63, 3.8) is 0 Å². The van der Waals surface area contributed by atoms with Crippen molar-refractivity contribution in [2.24, 2.45) is 5.41 Å². The van der Waals surface area contributed by atoms with Crippen LogP contribution in [0.25, 0.3) is 0 Å². The highest BCUT2D eigenvalue weighted by atomic mass is 16.5. The Morgan fingerprint density at radius 2 is 1.88 bits per heavy atom. The van der Waals surface area contributed by atoms with Gasteiger partial charge in [-0.25, -0.2) is 0 Å². The summed E-state index contributed by atoms with van der Waals surface area (Å²) in [6, 6.07) is 7.09. The zero-order chi connectivity index (χ0) is 24.1. The standard InChI is InChI=1S/C27H37N3O4/c1-20-7-5-12-27(19-28-25(32)22-8-3-4-10-24(22)34-18-11-20)13-16-29(17-14-27)26(33)23-9-6-15-30(23)21(2)31/h3-4,7-8,10,23H,5-6,9,11-19H2,1-2H3,(H,28,32)/t23-/m0/s1. The summed E-state index contributed by atoms with van der Waals surface area (Å²) >= 11 is 0. The van der Waals surface area contributed by atoms with Crippen LogP contribution in [0.2, 0.25) is 0 Å². The van der Waals surface area contributed by atoms with Crippen LogP contribution in [-0.4, -0.2) is 66.3 Å². The number of allylic oxidation sites excluding steroid dienone is 1. The van der Waals surface area contributed by atoms with Crippen molar-refractivity contribution in [2.75, 3.05) is 32.8 Å². The molecular formula is C27H37N3O4. The van der Waals surface area contributed by atoms with Crippen LogP contribution in [0, 0.1) is 5.41 Å². The average molecular weight is 468 g/mol. The molecule has 3 heterocycles. The molecule has 1 N–H and O–H groups in total. The summed E-state index contributed by atoms with van der Waals surface area (Å²) in [5.41, 5.74) is 1.81. The zero-order valence-corrected chi connectivity index (χ0v) is 20.5. The second kappa shape index (κ2) is 10.6. The Morgan fingerprint density at radius 3 is 2.65 bits per heavy atom. The smallest absolute Gasteiger partial charge is 0.255 e. The van der Waals surface area contributed by atoms with Crippen molar-refractivity contribution in [1.82, 2.24) is 15.1 Å². The van der Waals surface area contributed by atoms with E-state index >= 15 is 0 Å². The van der Waals surface area contributed by atoms with Gasteiger partial charge in [-0.15, -0.1) is 0 Å². The minimum atomic E-state index is -0.312. The molecule has 4 rings (SSSR count). The monoisotopic (exact) mass is 467 g/mol. The van der Waals surface area contributed by atoms with Crippen molar-refractivity contribution < 1.29 is 19.1 Å². The molecule has 1 atom stereocenters. The highest BCUT2D eigenvalue weighted by Gasteiger charge is 2.40. The lowest BCUT2D eigenvalue weighted by atomic mass is 9.74. The maximum atomic E-state index is 13.2. The molecule has 0 aromatic heterocycles. The van der Waals surface area contributed by atoms with E-state index in [9.17, 15) is 14.4 Å². The Kier molecular flexibility index (Phi) is 7.59. The molecule has 7 nitrogen and oxygen atoms in total. The number of benzene rings is 1. The molecule has 1 aromatic rings. The van der Waals surface area contributed by atoms with Gasteiger partial charge < -0.3 is 19.9 Å². The van der Waals surface area contributed by atoms with Crippen LogP contribution in [0.4, 0.5) is 0 Å². The fourth-order valence-electron chi connectivity index (χ4n) is 5.52. The Hall–Kier alpha value is -2.83. The molecule has 0 unspecified atom stereocenters. The number of ether oxygens (including phenoxy) is 1. The van der Waals surface area contributed by atoms with E-state index in [1.807, 2.05) is 29.2 Å². The number of carbonyl (C=O) groups excluding carboxylic acids is 3. The van der Waals surface area contributed by atoms with Crippen molar-refractivity contribution in [1.29, 1.82) is 0 Å². The number of hydrogen-bond donors (Lipinski definition) is 1. The van der Waals surface area contributed by atoms with E-state index in [0.29, 0.717) is 44.1 Å². The number of nitrogens with zero attached hydrogens (tertiary/aromatic N) is 2. The Bertz CT molecular complexity index is 949. The summed E-state index contributed by atoms with van der Waals surface area (Å²) in [4.78, 5) is 41.8. The van der Waals surface area contributed by atoms with E-state index in [-0.39, 0.29) is 29.2 Å². The number of para-hydroxylation sites is 1. The van der Waals surface area contributed by atoms with E-state index in [2.05, 4.69) is 18.3 Å². The Morgan fingerprint density at radius 1 is 1.12 bits per heavy atom. The van der Waals surface area contributed by atoms with Crippen LogP contribution >= 0.6 is 0 Å². The first kappa shape index (κ1) is 24.3. The first-order valence-corrected chi connectivity index (χ1v) is 12.6. The third kappa shape index (κ3) is 5.45. The predicted molar refractivity (Wildman–Crippen MR) is 131 cm³/mol. The molecule has 7 heteroatoms. The van der Waals surface area contributed by atoms with Gasteiger partial charge in [0.05, 0.1) is 12.2 Å². The number of carbonyl (C=O) groups is 3. The first-order chi connectivity index (χ1) is 16.4. The van der Waals surface area contributed by atoms with Crippen molar-refractivity contribution in [2.45, 2.75) is 64.8 Å². The van der Waals surface area contributed by atoms with E-state index in [1.54, 1.807) is 11.8 Å². The normalized spacial score (nSPS) is 23.5. The highest BCUT2D eigenvalue weighted by molar-refractivity contribution is 5.97. The van der Waals surface area contributed by atoms with Gasteiger partial charge in [0, 0.05) is 39.5 Å². The highest BCUT2D eigenvalue weighted by Crippen LogP contribution is 2.37. The Balaban J connectivity index is 1.46. The Labute approximate surface area is 202 Å². The van der Waals surface area contributed by atoms with Gasteiger partial charge in [-0.05, 0) is 63.0 Å². The summed E-state index contributed by atoms with van der Waals surface area (Å²) < 4.78 is 5.92. The number of hydrogen-bond acceptors (Lipinski definition) is 4. The number of amides is 3. The molecule has 0 bridgehead atoms. The van der Waals surface area contributed by atoms with E-state index < -0.39 is 0 Å². The van der Waals surface area contributed by atoms with Gasteiger partial charge in [0.25, 0.3) is 5.91 Å². The maximum Gasteiger partial charge on any atom is 0.255 e. The molecule has 3 amide bonds. The summed E-state index contributed by atoms with van der Waals surface area (Å²) in [6.45, 7) is 6.82. The number of rotatable bonds is 1. The lowest BCUT2D eigenvalue weighted by molar-refractivity contribution is -0.144. The lowest BCUT2D eigenvalue weighted by Gasteiger charge is -2.43. The van der Waals surface area contributed by atoms with Crippen LogP contribution in [0.3, 0.4) is 0 Å². The van der Waals surface area contributed by atoms with Crippen molar-refractivity contribution in [3.05, 3.63) is 41.5 Å². The zero-order valence-electron chi connectivity index (χ0n) is 20.5. The number of fused-ring (bicyclic) bond motifs is 1. The van der Waals surface area contributed by atoms with Crippen molar-refractivity contribution in [3.8, 4) is 5.75 Å². The molecular weight excluding hydrogens is 430 g/mol.